The van der Waals surface area contributed by atoms with Crippen molar-refractivity contribution in [2.24, 2.45) is 11.7 Å². The van der Waals surface area contributed by atoms with Crippen molar-refractivity contribution in [3.05, 3.63) is 23.5 Å². The zero-order chi connectivity index (χ0) is 14.0. The highest BCUT2D eigenvalue weighted by molar-refractivity contribution is 5.48. The molecule has 1 aromatic rings. The fourth-order valence-corrected chi connectivity index (χ4v) is 2.87. The second kappa shape index (κ2) is 5.75. The summed E-state index contributed by atoms with van der Waals surface area (Å²) >= 11 is 0. The van der Waals surface area contributed by atoms with Gasteiger partial charge in [-0.25, -0.2) is 4.39 Å². The van der Waals surface area contributed by atoms with E-state index in [4.69, 9.17) is 15.2 Å². The van der Waals surface area contributed by atoms with Crippen molar-refractivity contribution in [2.45, 2.75) is 12.5 Å². The number of rotatable bonds is 4. The maximum atomic E-state index is 13.9. The lowest BCUT2D eigenvalue weighted by Gasteiger charge is -2.24. The molecule has 5 heteroatoms. The number of likely N-dealkylation sites (tertiary alicyclic amines) is 1. The van der Waals surface area contributed by atoms with Gasteiger partial charge in [-0.2, -0.15) is 0 Å². The number of benzene rings is 1. The Morgan fingerprint density at radius 2 is 2.11 bits per heavy atom. The highest BCUT2D eigenvalue weighted by Gasteiger charge is 2.34. The quantitative estimate of drug-likeness (QED) is 0.904. The van der Waals surface area contributed by atoms with E-state index in [0.29, 0.717) is 18.2 Å². The van der Waals surface area contributed by atoms with E-state index in [1.807, 2.05) is 7.05 Å². The van der Waals surface area contributed by atoms with E-state index < -0.39 is 0 Å². The van der Waals surface area contributed by atoms with Crippen LogP contribution in [-0.4, -0.2) is 39.3 Å². The highest BCUT2D eigenvalue weighted by Crippen LogP contribution is 2.44. The van der Waals surface area contributed by atoms with Gasteiger partial charge < -0.3 is 15.2 Å². The lowest BCUT2D eigenvalue weighted by molar-refractivity contribution is 0.286. The van der Waals surface area contributed by atoms with Crippen LogP contribution in [0.25, 0.3) is 0 Å². The summed E-state index contributed by atoms with van der Waals surface area (Å²) in [7, 11) is 5.09. The molecule has 1 aliphatic rings. The predicted octanol–water partition coefficient (Wildman–Crippen LogP) is 1.79. The Hall–Kier alpha value is -1.33. The van der Waals surface area contributed by atoms with Crippen LogP contribution in [0.3, 0.4) is 0 Å². The van der Waals surface area contributed by atoms with Gasteiger partial charge in [0, 0.05) is 12.6 Å². The third-order valence-corrected chi connectivity index (χ3v) is 3.83. The van der Waals surface area contributed by atoms with Crippen LogP contribution < -0.4 is 15.2 Å². The maximum Gasteiger partial charge on any atom is 0.165 e. The van der Waals surface area contributed by atoms with E-state index in [1.54, 1.807) is 13.2 Å². The summed E-state index contributed by atoms with van der Waals surface area (Å²) in [6, 6.07) is 3.10. The molecule has 0 radical (unpaired) electrons. The zero-order valence-corrected chi connectivity index (χ0v) is 11.6. The van der Waals surface area contributed by atoms with E-state index >= 15 is 0 Å². The van der Waals surface area contributed by atoms with Crippen molar-refractivity contribution in [3.63, 3.8) is 0 Å². The Labute approximate surface area is 113 Å². The second-order valence-electron chi connectivity index (χ2n) is 4.99. The van der Waals surface area contributed by atoms with Crippen molar-refractivity contribution in [3.8, 4) is 11.5 Å². The molecule has 106 valence electrons. The minimum Gasteiger partial charge on any atom is -0.496 e. The van der Waals surface area contributed by atoms with E-state index in [0.717, 1.165) is 18.5 Å². The van der Waals surface area contributed by atoms with Gasteiger partial charge >= 0.3 is 0 Å². The van der Waals surface area contributed by atoms with Crippen LogP contribution >= 0.6 is 0 Å². The molecule has 1 fully saturated rings. The summed E-state index contributed by atoms with van der Waals surface area (Å²) in [5, 5.41) is 0. The molecule has 1 saturated heterocycles. The minimum absolute atomic E-state index is 0.0779. The van der Waals surface area contributed by atoms with Gasteiger partial charge in [-0.15, -0.1) is 0 Å². The molecule has 2 rings (SSSR count). The van der Waals surface area contributed by atoms with Crippen LogP contribution in [0.5, 0.6) is 11.5 Å². The topological polar surface area (TPSA) is 47.7 Å². The van der Waals surface area contributed by atoms with E-state index in [2.05, 4.69) is 4.90 Å². The highest BCUT2D eigenvalue weighted by atomic mass is 19.1. The molecule has 4 nitrogen and oxygen atoms in total. The van der Waals surface area contributed by atoms with Crippen molar-refractivity contribution in [1.82, 2.24) is 4.90 Å². The zero-order valence-electron chi connectivity index (χ0n) is 11.6. The summed E-state index contributed by atoms with van der Waals surface area (Å²) in [4.78, 5) is 2.18. The average Bonchev–Trinajstić information content (AvgIpc) is 2.79. The first-order valence-electron chi connectivity index (χ1n) is 6.43. The number of nitrogens with two attached hydrogens (primary N) is 1. The molecule has 1 heterocycles. The van der Waals surface area contributed by atoms with Crippen molar-refractivity contribution in [1.29, 1.82) is 0 Å². The summed E-state index contributed by atoms with van der Waals surface area (Å²) in [5.74, 6) is 0.997. The van der Waals surface area contributed by atoms with Crippen molar-refractivity contribution >= 4 is 0 Å². The van der Waals surface area contributed by atoms with Gasteiger partial charge in [-0.1, -0.05) is 0 Å². The molecular formula is C14H21FN2O2. The van der Waals surface area contributed by atoms with Crippen LogP contribution in [-0.2, 0) is 0 Å². The average molecular weight is 268 g/mol. The van der Waals surface area contributed by atoms with Crippen LogP contribution in [0, 0.1) is 11.7 Å². The number of methoxy groups -OCH3 is 2. The van der Waals surface area contributed by atoms with Crippen molar-refractivity contribution in [2.75, 3.05) is 34.4 Å². The fraction of sp³-hybridized carbons (Fsp3) is 0.571. The number of hydrogen-bond donors (Lipinski definition) is 1. The summed E-state index contributed by atoms with van der Waals surface area (Å²) < 4.78 is 24.5. The molecule has 0 aromatic heterocycles. The van der Waals surface area contributed by atoms with Gasteiger partial charge in [-0.3, -0.25) is 4.90 Å². The first-order valence-corrected chi connectivity index (χ1v) is 6.43. The second-order valence-corrected chi connectivity index (χ2v) is 4.99. The standard InChI is InChI=1S/C14H21FN2O2/c1-17-8-9(7-16)6-11(17)13-12(18-2)5-4-10(15)14(13)19-3/h4-5,9,11H,6-8,16H2,1-3H3. The Morgan fingerprint density at radius 1 is 1.37 bits per heavy atom. The summed E-state index contributed by atoms with van der Waals surface area (Å²) in [5.41, 5.74) is 6.53. The Morgan fingerprint density at radius 3 is 2.63 bits per heavy atom. The predicted molar refractivity (Wildman–Crippen MR) is 72.0 cm³/mol. The SMILES string of the molecule is COc1ccc(F)c(OC)c1C1CC(CN)CN1C. The monoisotopic (exact) mass is 268 g/mol. The Balaban J connectivity index is 2.45. The van der Waals surface area contributed by atoms with E-state index in [9.17, 15) is 4.39 Å². The summed E-state index contributed by atoms with van der Waals surface area (Å²) in [6.45, 7) is 1.55. The number of nitrogens with zero attached hydrogens (tertiary/aromatic N) is 1. The third-order valence-electron chi connectivity index (χ3n) is 3.83. The first-order chi connectivity index (χ1) is 9.12. The molecule has 0 spiro atoms. The fourth-order valence-electron chi connectivity index (χ4n) is 2.87. The molecule has 1 aromatic carbocycles. The molecule has 0 aliphatic carbocycles. The molecular weight excluding hydrogens is 247 g/mol. The lowest BCUT2D eigenvalue weighted by Crippen LogP contribution is -2.21. The van der Waals surface area contributed by atoms with Crippen molar-refractivity contribution < 1.29 is 13.9 Å². The van der Waals surface area contributed by atoms with Crippen LogP contribution in [0.15, 0.2) is 12.1 Å². The maximum absolute atomic E-state index is 13.9. The molecule has 19 heavy (non-hydrogen) atoms. The van der Waals surface area contributed by atoms with Crippen LogP contribution in [0.4, 0.5) is 4.39 Å². The van der Waals surface area contributed by atoms with Crippen LogP contribution in [0.2, 0.25) is 0 Å². The Kier molecular flexibility index (Phi) is 4.27. The molecule has 2 N–H and O–H groups in total. The largest absolute Gasteiger partial charge is 0.496 e. The van der Waals surface area contributed by atoms with Gasteiger partial charge in [0.15, 0.2) is 11.6 Å². The van der Waals surface area contributed by atoms with Gasteiger partial charge in [0.05, 0.1) is 19.8 Å². The van der Waals surface area contributed by atoms with Gasteiger partial charge in [-0.05, 0) is 38.1 Å². The molecule has 0 saturated carbocycles. The Bertz CT molecular complexity index is 453. The number of hydrogen-bond acceptors (Lipinski definition) is 4. The van der Waals surface area contributed by atoms with Crippen LogP contribution in [0.1, 0.15) is 18.0 Å². The van der Waals surface area contributed by atoms with Gasteiger partial charge in [0.1, 0.15) is 5.75 Å². The lowest BCUT2D eigenvalue weighted by atomic mass is 9.98. The minimum atomic E-state index is -0.358. The van der Waals surface area contributed by atoms with E-state index in [1.165, 1.54) is 13.2 Å². The van der Waals surface area contributed by atoms with E-state index in [-0.39, 0.29) is 17.6 Å². The number of halogens is 1. The smallest absolute Gasteiger partial charge is 0.165 e. The van der Waals surface area contributed by atoms with Gasteiger partial charge in [0.25, 0.3) is 0 Å². The molecule has 2 atom stereocenters. The molecule has 0 bridgehead atoms. The molecule has 2 unspecified atom stereocenters. The molecule has 0 amide bonds. The van der Waals surface area contributed by atoms with Gasteiger partial charge in [0.2, 0.25) is 0 Å². The third kappa shape index (κ3) is 2.53. The summed E-state index contributed by atoms with van der Waals surface area (Å²) in [6.07, 6.45) is 0.892. The number of ether oxygens (including phenoxy) is 2. The normalized spacial score (nSPS) is 23.6. The molecule has 1 aliphatic heterocycles. The first kappa shape index (κ1) is 14.1.